The van der Waals surface area contributed by atoms with E-state index in [1.807, 2.05) is 0 Å². The number of carbonyl (C=O) groups is 2. The Bertz CT molecular complexity index is 821. The molecule has 0 aliphatic carbocycles. The van der Waals surface area contributed by atoms with Gasteiger partial charge in [-0.15, -0.1) is 0 Å². The van der Waals surface area contributed by atoms with Crippen molar-refractivity contribution in [3.63, 3.8) is 0 Å². The molecule has 0 saturated heterocycles. The molecular formula is C18H18N2O6. The van der Waals surface area contributed by atoms with E-state index in [1.54, 1.807) is 30.3 Å². The Morgan fingerprint density at radius 3 is 2.50 bits per heavy atom. The molecule has 8 nitrogen and oxygen atoms in total. The maximum Gasteiger partial charge on any atom is 0.311 e. The van der Waals surface area contributed by atoms with Gasteiger partial charge in [-0.25, -0.2) is 0 Å². The monoisotopic (exact) mass is 358 g/mol. The van der Waals surface area contributed by atoms with Crippen LogP contribution in [-0.2, 0) is 20.7 Å². The van der Waals surface area contributed by atoms with Crippen LogP contribution in [-0.4, -0.2) is 30.0 Å². The number of methoxy groups -OCH3 is 1. The first-order valence-corrected chi connectivity index (χ1v) is 7.78. The number of anilines is 1. The Morgan fingerprint density at radius 2 is 1.81 bits per heavy atom. The van der Waals surface area contributed by atoms with Crippen LogP contribution >= 0.6 is 0 Å². The van der Waals surface area contributed by atoms with Gasteiger partial charge in [0.2, 0.25) is 0 Å². The van der Waals surface area contributed by atoms with Crippen LogP contribution in [0.15, 0.2) is 48.5 Å². The fraction of sp³-hybridized carbons (Fsp3) is 0.222. The Balaban J connectivity index is 1.98. The van der Waals surface area contributed by atoms with Gasteiger partial charge in [0.25, 0.3) is 11.6 Å². The van der Waals surface area contributed by atoms with Gasteiger partial charge in [0, 0.05) is 11.6 Å². The molecule has 2 rings (SSSR count). The number of amides is 1. The first kappa shape index (κ1) is 18.9. The van der Waals surface area contributed by atoms with Crippen LogP contribution < -0.4 is 10.1 Å². The van der Waals surface area contributed by atoms with E-state index in [0.717, 1.165) is 0 Å². The van der Waals surface area contributed by atoms with Crippen molar-refractivity contribution in [1.82, 2.24) is 0 Å². The Hall–Kier alpha value is -3.42. The molecule has 0 heterocycles. The van der Waals surface area contributed by atoms with Gasteiger partial charge in [0.15, 0.2) is 6.10 Å². The first-order valence-electron chi connectivity index (χ1n) is 7.78. The fourth-order valence-electron chi connectivity index (χ4n) is 2.27. The van der Waals surface area contributed by atoms with E-state index in [2.05, 4.69) is 5.32 Å². The number of para-hydroxylation sites is 3. The van der Waals surface area contributed by atoms with Crippen LogP contribution in [0.1, 0.15) is 12.5 Å². The molecule has 0 spiro atoms. The maximum absolute atomic E-state index is 12.2. The Labute approximate surface area is 149 Å². The molecule has 2 aromatic carbocycles. The lowest BCUT2D eigenvalue weighted by molar-refractivity contribution is -0.385. The molecule has 0 fully saturated rings. The average Bonchev–Trinajstić information content (AvgIpc) is 2.62. The molecular weight excluding hydrogens is 340 g/mol. The molecule has 136 valence electrons. The second kappa shape index (κ2) is 8.61. The zero-order valence-electron chi connectivity index (χ0n) is 14.3. The molecule has 0 aliphatic heterocycles. The second-order valence-corrected chi connectivity index (χ2v) is 5.38. The zero-order valence-corrected chi connectivity index (χ0v) is 14.3. The number of nitrogens with zero attached hydrogens (tertiary/aromatic N) is 1. The molecule has 1 amide bonds. The highest BCUT2D eigenvalue weighted by molar-refractivity contribution is 5.96. The number of ether oxygens (including phenoxy) is 2. The molecule has 1 atom stereocenters. The summed E-state index contributed by atoms with van der Waals surface area (Å²) in [6, 6.07) is 12.7. The van der Waals surface area contributed by atoms with Crippen molar-refractivity contribution in [1.29, 1.82) is 0 Å². The van der Waals surface area contributed by atoms with Gasteiger partial charge in [-0.3, -0.25) is 19.7 Å². The number of rotatable bonds is 7. The van der Waals surface area contributed by atoms with Gasteiger partial charge in [0.1, 0.15) is 5.75 Å². The number of hydrogen-bond acceptors (Lipinski definition) is 6. The molecule has 0 radical (unpaired) electrons. The predicted octanol–water partition coefficient (Wildman–Crippen LogP) is 2.72. The average molecular weight is 358 g/mol. The third-order valence-corrected chi connectivity index (χ3v) is 3.57. The van der Waals surface area contributed by atoms with E-state index in [9.17, 15) is 19.7 Å². The number of esters is 1. The minimum atomic E-state index is -1.07. The predicted molar refractivity (Wildman–Crippen MR) is 94.0 cm³/mol. The number of hydrogen-bond donors (Lipinski definition) is 1. The van der Waals surface area contributed by atoms with Crippen molar-refractivity contribution in [3.05, 3.63) is 64.2 Å². The molecule has 0 aliphatic rings. The largest absolute Gasteiger partial charge is 0.495 e. The first-order chi connectivity index (χ1) is 12.4. The van der Waals surface area contributed by atoms with Crippen molar-refractivity contribution in [3.8, 4) is 5.75 Å². The van der Waals surface area contributed by atoms with Gasteiger partial charge in [-0.1, -0.05) is 30.3 Å². The van der Waals surface area contributed by atoms with E-state index in [1.165, 1.54) is 32.2 Å². The highest BCUT2D eigenvalue weighted by Crippen LogP contribution is 2.23. The summed E-state index contributed by atoms with van der Waals surface area (Å²) >= 11 is 0. The van der Waals surface area contributed by atoms with Gasteiger partial charge in [-0.05, 0) is 19.1 Å². The number of nitro groups is 1. The van der Waals surface area contributed by atoms with Gasteiger partial charge < -0.3 is 14.8 Å². The van der Waals surface area contributed by atoms with E-state index < -0.39 is 22.9 Å². The van der Waals surface area contributed by atoms with Crippen molar-refractivity contribution < 1.29 is 24.0 Å². The minimum absolute atomic E-state index is 0.171. The molecule has 8 heteroatoms. The van der Waals surface area contributed by atoms with Crippen LogP contribution in [0.25, 0.3) is 0 Å². The summed E-state index contributed by atoms with van der Waals surface area (Å²) in [5.74, 6) is -0.799. The van der Waals surface area contributed by atoms with Crippen molar-refractivity contribution in [2.24, 2.45) is 0 Å². The quantitative estimate of drug-likeness (QED) is 0.463. The Kier molecular flexibility index (Phi) is 6.26. The van der Waals surface area contributed by atoms with Crippen molar-refractivity contribution in [2.75, 3.05) is 12.4 Å². The Morgan fingerprint density at radius 1 is 1.15 bits per heavy atom. The molecule has 2 aromatic rings. The minimum Gasteiger partial charge on any atom is -0.495 e. The summed E-state index contributed by atoms with van der Waals surface area (Å²) in [4.78, 5) is 34.6. The summed E-state index contributed by atoms with van der Waals surface area (Å²) in [7, 11) is 1.47. The normalized spacial score (nSPS) is 11.3. The summed E-state index contributed by atoms with van der Waals surface area (Å²) < 4.78 is 10.2. The van der Waals surface area contributed by atoms with E-state index in [4.69, 9.17) is 9.47 Å². The fourth-order valence-corrected chi connectivity index (χ4v) is 2.27. The number of nitrogens with one attached hydrogen (secondary N) is 1. The number of carbonyl (C=O) groups excluding carboxylic acids is 2. The lowest BCUT2D eigenvalue weighted by Gasteiger charge is -2.15. The van der Waals surface area contributed by atoms with Crippen molar-refractivity contribution in [2.45, 2.75) is 19.4 Å². The summed E-state index contributed by atoms with van der Waals surface area (Å²) in [5.41, 5.74) is 0.497. The smallest absolute Gasteiger partial charge is 0.311 e. The van der Waals surface area contributed by atoms with Crippen LogP contribution in [0, 0.1) is 10.1 Å². The maximum atomic E-state index is 12.2. The highest BCUT2D eigenvalue weighted by Gasteiger charge is 2.22. The van der Waals surface area contributed by atoms with E-state index >= 15 is 0 Å². The summed E-state index contributed by atoms with van der Waals surface area (Å²) in [5, 5.41) is 13.6. The topological polar surface area (TPSA) is 108 Å². The summed E-state index contributed by atoms with van der Waals surface area (Å²) in [6.45, 7) is 1.42. The molecule has 26 heavy (non-hydrogen) atoms. The second-order valence-electron chi connectivity index (χ2n) is 5.38. The SMILES string of the molecule is COc1ccccc1NC(=O)[C@@H](C)OC(=O)Cc1ccccc1[N+](=O)[O-]. The zero-order chi connectivity index (χ0) is 19.1. The molecule has 1 N–H and O–H groups in total. The van der Waals surface area contributed by atoms with Crippen LogP contribution in [0.3, 0.4) is 0 Å². The molecule has 0 unspecified atom stereocenters. The molecule has 0 bridgehead atoms. The van der Waals surface area contributed by atoms with Crippen molar-refractivity contribution >= 4 is 23.3 Å². The van der Waals surface area contributed by atoms with Gasteiger partial charge >= 0.3 is 5.97 Å². The van der Waals surface area contributed by atoms with Crippen LogP contribution in [0.2, 0.25) is 0 Å². The number of nitro benzene ring substituents is 1. The number of benzene rings is 2. The van der Waals surface area contributed by atoms with Gasteiger partial charge in [-0.2, -0.15) is 0 Å². The lowest BCUT2D eigenvalue weighted by Crippen LogP contribution is -2.30. The standard InChI is InChI=1S/C18H18N2O6/c1-12(18(22)19-14-8-4-6-10-16(14)25-2)26-17(21)11-13-7-3-5-9-15(13)20(23)24/h3-10,12H,11H2,1-2H3,(H,19,22)/t12-/m1/s1. The van der Waals surface area contributed by atoms with Gasteiger partial charge in [0.05, 0.1) is 24.1 Å². The summed E-state index contributed by atoms with van der Waals surface area (Å²) in [6.07, 6.45) is -1.38. The van der Waals surface area contributed by atoms with E-state index in [-0.39, 0.29) is 17.7 Å². The van der Waals surface area contributed by atoms with Crippen LogP contribution in [0.4, 0.5) is 11.4 Å². The van der Waals surface area contributed by atoms with Crippen LogP contribution in [0.5, 0.6) is 5.75 Å². The third-order valence-electron chi connectivity index (χ3n) is 3.57. The lowest BCUT2D eigenvalue weighted by atomic mass is 10.1. The third kappa shape index (κ3) is 4.79. The highest BCUT2D eigenvalue weighted by atomic mass is 16.6. The van der Waals surface area contributed by atoms with E-state index in [0.29, 0.717) is 11.4 Å². The molecule has 0 saturated carbocycles. The molecule has 0 aromatic heterocycles.